The third kappa shape index (κ3) is 3.83. The van der Waals surface area contributed by atoms with Crippen molar-refractivity contribution >= 4 is 27.5 Å². The molecule has 1 amide bonds. The molecule has 0 heterocycles. The second-order valence-electron chi connectivity index (χ2n) is 4.14. The smallest absolute Gasteiger partial charge is 0.251 e. The fraction of sp³-hybridized carbons (Fsp3) is 0.133. The van der Waals surface area contributed by atoms with Crippen LogP contribution in [0.3, 0.4) is 0 Å². The summed E-state index contributed by atoms with van der Waals surface area (Å²) in [6, 6.07) is 15.3. The largest absolute Gasteiger partial charge is 0.388 e. The van der Waals surface area contributed by atoms with Crippen LogP contribution in [0.25, 0.3) is 0 Å². The highest BCUT2D eigenvalue weighted by atomic mass is 79.9. The van der Waals surface area contributed by atoms with Crippen molar-refractivity contribution in [3.8, 4) is 0 Å². The number of halogens is 1. The summed E-state index contributed by atoms with van der Waals surface area (Å²) in [6.07, 6.45) is 0. The summed E-state index contributed by atoms with van der Waals surface area (Å²) in [4.78, 5) is 11.9. The van der Waals surface area contributed by atoms with E-state index in [-0.39, 0.29) is 5.91 Å². The van der Waals surface area contributed by atoms with E-state index in [1.807, 2.05) is 55.6 Å². The molecule has 2 rings (SSSR count). The Bertz CT molecular complexity index is 549. The lowest BCUT2D eigenvalue weighted by Gasteiger charge is -2.06. The Morgan fingerprint density at radius 3 is 2.26 bits per heavy atom. The van der Waals surface area contributed by atoms with Crippen LogP contribution >= 0.6 is 15.9 Å². The van der Waals surface area contributed by atoms with E-state index < -0.39 is 0 Å². The number of carbonyl (C=O) groups excluding carboxylic acids is 1. The third-order valence-corrected chi connectivity index (χ3v) is 3.33. The molecular formula is C15H15BrN2O. The zero-order chi connectivity index (χ0) is 13.7. The van der Waals surface area contributed by atoms with Crippen molar-refractivity contribution in [1.82, 2.24) is 5.32 Å². The summed E-state index contributed by atoms with van der Waals surface area (Å²) in [7, 11) is 1.85. The van der Waals surface area contributed by atoms with Gasteiger partial charge in [0, 0.05) is 29.3 Å². The monoisotopic (exact) mass is 318 g/mol. The molecule has 0 unspecified atom stereocenters. The van der Waals surface area contributed by atoms with Gasteiger partial charge >= 0.3 is 0 Å². The molecule has 0 atom stereocenters. The molecule has 0 spiro atoms. The molecule has 0 bridgehead atoms. The number of hydrogen-bond donors (Lipinski definition) is 2. The van der Waals surface area contributed by atoms with E-state index >= 15 is 0 Å². The highest BCUT2D eigenvalue weighted by Crippen LogP contribution is 2.11. The fourth-order valence-corrected chi connectivity index (χ4v) is 1.94. The normalized spacial score (nSPS) is 10.0. The van der Waals surface area contributed by atoms with Gasteiger partial charge in [-0.25, -0.2) is 0 Å². The van der Waals surface area contributed by atoms with Gasteiger partial charge in [-0.3, -0.25) is 4.79 Å². The van der Waals surface area contributed by atoms with E-state index in [4.69, 9.17) is 0 Å². The van der Waals surface area contributed by atoms with Gasteiger partial charge < -0.3 is 10.6 Å². The van der Waals surface area contributed by atoms with Gasteiger partial charge in [0.15, 0.2) is 0 Å². The number of rotatable bonds is 4. The Morgan fingerprint density at radius 1 is 1.05 bits per heavy atom. The lowest BCUT2D eigenvalue weighted by Crippen LogP contribution is -2.22. The van der Waals surface area contributed by atoms with Crippen LogP contribution in [0, 0.1) is 0 Å². The Morgan fingerprint density at radius 2 is 1.68 bits per heavy atom. The molecule has 2 aromatic rings. The first-order chi connectivity index (χ1) is 9.19. The molecule has 0 fully saturated rings. The van der Waals surface area contributed by atoms with Crippen LogP contribution in [-0.2, 0) is 6.54 Å². The molecule has 0 saturated heterocycles. The molecule has 0 aromatic heterocycles. The number of benzene rings is 2. The predicted molar refractivity (Wildman–Crippen MR) is 81.3 cm³/mol. The van der Waals surface area contributed by atoms with E-state index in [0.717, 1.165) is 15.7 Å². The molecule has 98 valence electrons. The second-order valence-corrected chi connectivity index (χ2v) is 5.05. The molecule has 2 aromatic carbocycles. The van der Waals surface area contributed by atoms with Crippen LogP contribution < -0.4 is 10.6 Å². The van der Waals surface area contributed by atoms with Gasteiger partial charge in [0.25, 0.3) is 5.91 Å². The highest BCUT2D eigenvalue weighted by Gasteiger charge is 2.04. The van der Waals surface area contributed by atoms with Gasteiger partial charge in [0.05, 0.1) is 0 Å². The zero-order valence-electron chi connectivity index (χ0n) is 10.6. The molecule has 0 aliphatic rings. The van der Waals surface area contributed by atoms with Crippen molar-refractivity contribution in [3.63, 3.8) is 0 Å². The lowest BCUT2D eigenvalue weighted by atomic mass is 10.2. The van der Waals surface area contributed by atoms with Crippen molar-refractivity contribution in [1.29, 1.82) is 0 Å². The van der Waals surface area contributed by atoms with Crippen LogP contribution in [-0.4, -0.2) is 13.0 Å². The van der Waals surface area contributed by atoms with Gasteiger partial charge in [-0.15, -0.1) is 0 Å². The van der Waals surface area contributed by atoms with E-state index in [1.54, 1.807) is 0 Å². The molecule has 4 heteroatoms. The number of carbonyl (C=O) groups is 1. The van der Waals surface area contributed by atoms with Crippen molar-refractivity contribution in [2.24, 2.45) is 0 Å². The summed E-state index contributed by atoms with van der Waals surface area (Å²) >= 11 is 3.38. The topological polar surface area (TPSA) is 41.1 Å². The minimum atomic E-state index is -0.0643. The molecule has 0 aliphatic carbocycles. The average Bonchev–Trinajstić information content (AvgIpc) is 2.46. The number of amides is 1. The first kappa shape index (κ1) is 13.6. The molecule has 0 saturated carbocycles. The van der Waals surface area contributed by atoms with Crippen LogP contribution in [0.5, 0.6) is 0 Å². The quantitative estimate of drug-likeness (QED) is 0.907. The van der Waals surface area contributed by atoms with E-state index in [2.05, 4.69) is 26.6 Å². The van der Waals surface area contributed by atoms with Crippen molar-refractivity contribution in [3.05, 3.63) is 64.1 Å². The van der Waals surface area contributed by atoms with Crippen LogP contribution in [0.15, 0.2) is 53.0 Å². The fourth-order valence-electron chi connectivity index (χ4n) is 1.67. The summed E-state index contributed by atoms with van der Waals surface area (Å²) in [6.45, 7) is 0.528. The summed E-state index contributed by atoms with van der Waals surface area (Å²) in [5.41, 5.74) is 2.73. The molecule has 2 N–H and O–H groups in total. The molecule has 19 heavy (non-hydrogen) atoms. The maximum atomic E-state index is 11.9. The van der Waals surface area contributed by atoms with E-state index in [1.165, 1.54) is 0 Å². The SMILES string of the molecule is CNc1ccc(C(=O)NCc2ccc(Br)cc2)cc1. The van der Waals surface area contributed by atoms with Crippen LogP contribution in [0.4, 0.5) is 5.69 Å². The van der Waals surface area contributed by atoms with Crippen LogP contribution in [0.1, 0.15) is 15.9 Å². The van der Waals surface area contributed by atoms with Gasteiger partial charge in [-0.1, -0.05) is 28.1 Å². The lowest BCUT2D eigenvalue weighted by molar-refractivity contribution is 0.0951. The van der Waals surface area contributed by atoms with Gasteiger partial charge in [0.2, 0.25) is 0 Å². The summed E-state index contributed by atoms with van der Waals surface area (Å²) in [5.74, 6) is -0.0643. The zero-order valence-corrected chi connectivity index (χ0v) is 12.2. The van der Waals surface area contributed by atoms with Crippen LogP contribution in [0.2, 0.25) is 0 Å². The Balaban J connectivity index is 1.95. The first-order valence-corrected chi connectivity index (χ1v) is 6.79. The standard InChI is InChI=1S/C15H15BrN2O/c1-17-14-8-4-12(5-9-14)15(19)18-10-11-2-6-13(16)7-3-11/h2-9,17H,10H2,1H3,(H,18,19). The minimum Gasteiger partial charge on any atom is -0.388 e. The third-order valence-electron chi connectivity index (χ3n) is 2.80. The van der Waals surface area contributed by atoms with Crippen molar-refractivity contribution in [2.45, 2.75) is 6.54 Å². The Kier molecular flexibility index (Phi) is 4.58. The summed E-state index contributed by atoms with van der Waals surface area (Å²) < 4.78 is 1.03. The van der Waals surface area contributed by atoms with Gasteiger partial charge in [-0.05, 0) is 42.0 Å². The molecule has 0 aliphatic heterocycles. The number of hydrogen-bond acceptors (Lipinski definition) is 2. The maximum Gasteiger partial charge on any atom is 0.251 e. The Hall–Kier alpha value is -1.81. The highest BCUT2D eigenvalue weighted by molar-refractivity contribution is 9.10. The van der Waals surface area contributed by atoms with Gasteiger partial charge in [0.1, 0.15) is 0 Å². The second kappa shape index (κ2) is 6.38. The average molecular weight is 319 g/mol. The van der Waals surface area contributed by atoms with E-state index in [0.29, 0.717) is 12.1 Å². The Labute approximate surface area is 121 Å². The number of anilines is 1. The van der Waals surface area contributed by atoms with Gasteiger partial charge in [-0.2, -0.15) is 0 Å². The maximum absolute atomic E-state index is 11.9. The van der Waals surface area contributed by atoms with Crippen molar-refractivity contribution < 1.29 is 4.79 Å². The molecule has 0 radical (unpaired) electrons. The van der Waals surface area contributed by atoms with Crippen molar-refractivity contribution in [2.75, 3.05) is 12.4 Å². The van der Waals surface area contributed by atoms with E-state index in [9.17, 15) is 4.79 Å². The first-order valence-electron chi connectivity index (χ1n) is 5.99. The predicted octanol–water partition coefficient (Wildman–Crippen LogP) is 3.42. The summed E-state index contributed by atoms with van der Waals surface area (Å²) in [5, 5.41) is 5.92. The number of nitrogens with one attached hydrogen (secondary N) is 2. The minimum absolute atomic E-state index is 0.0643. The molecular weight excluding hydrogens is 304 g/mol. The molecule has 3 nitrogen and oxygen atoms in total.